The molecule has 0 unspecified atom stereocenters. The number of nitrogens with zero attached hydrogens (tertiary/aromatic N) is 2. The fourth-order valence-corrected chi connectivity index (χ4v) is 2.09. The van der Waals surface area contributed by atoms with Crippen molar-refractivity contribution in [3.8, 4) is 0 Å². The zero-order valence-electron chi connectivity index (χ0n) is 9.02. The van der Waals surface area contributed by atoms with Crippen LogP contribution in [0.3, 0.4) is 0 Å². The van der Waals surface area contributed by atoms with Crippen molar-refractivity contribution in [1.29, 1.82) is 0 Å². The largest absolute Gasteiger partial charge is 0.394 e. The van der Waals surface area contributed by atoms with Crippen molar-refractivity contribution >= 4 is 5.69 Å². The summed E-state index contributed by atoms with van der Waals surface area (Å²) in [7, 11) is 2.11. The third-order valence-corrected chi connectivity index (χ3v) is 3.09. The Labute approximate surface area is 89.3 Å². The van der Waals surface area contributed by atoms with Crippen molar-refractivity contribution in [2.24, 2.45) is 0 Å². The van der Waals surface area contributed by atoms with E-state index in [1.807, 2.05) is 12.3 Å². The van der Waals surface area contributed by atoms with E-state index in [2.05, 4.69) is 11.9 Å². The van der Waals surface area contributed by atoms with Crippen LogP contribution in [0.25, 0.3) is 0 Å². The van der Waals surface area contributed by atoms with Crippen LogP contribution in [0.5, 0.6) is 0 Å². The highest BCUT2D eigenvalue weighted by atomic mass is 16.1. The number of rotatable bonds is 1. The van der Waals surface area contributed by atoms with Crippen molar-refractivity contribution in [3.05, 3.63) is 28.7 Å². The highest BCUT2D eigenvalue weighted by molar-refractivity contribution is 5.33. The normalized spacial score (nSPS) is 19.3. The molecule has 0 radical (unpaired) electrons. The van der Waals surface area contributed by atoms with Crippen molar-refractivity contribution in [3.63, 3.8) is 0 Å². The van der Waals surface area contributed by atoms with Crippen LogP contribution in [0.15, 0.2) is 23.1 Å². The van der Waals surface area contributed by atoms with E-state index < -0.39 is 0 Å². The molecule has 4 heteroatoms. The Morgan fingerprint density at radius 2 is 2.07 bits per heavy atom. The van der Waals surface area contributed by atoms with E-state index in [1.165, 1.54) is 0 Å². The molecule has 2 N–H and O–H groups in total. The van der Waals surface area contributed by atoms with Crippen LogP contribution >= 0.6 is 0 Å². The molecular formula is C11H17N3O. The van der Waals surface area contributed by atoms with E-state index in [-0.39, 0.29) is 5.56 Å². The molecule has 1 saturated heterocycles. The lowest BCUT2D eigenvalue weighted by Gasteiger charge is -2.30. The maximum absolute atomic E-state index is 11.8. The first-order valence-electron chi connectivity index (χ1n) is 5.33. The topological polar surface area (TPSA) is 51.3 Å². The van der Waals surface area contributed by atoms with Crippen LogP contribution in [0.2, 0.25) is 0 Å². The van der Waals surface area contributed by atoms with Gasteiger partial charge in [0.05, 0.1) is 5.69 Å². The minimum absolute atomic E-state index is 0.0490. The minimum Gasteiger partial charge on any atom is -0.394 e. The van der Waals surface area contributed by atoms with E-state index in [0.717, 1.165) is 25.9 Å². The molecule has 1 aliphatic heterocycles. The van der Waals surface area contributed by atoms with Gasteiger partial charge >= 0.3 is 0 Å². The third kappa shape index (κ3) is 2.04. The fraction of sp³-hybridized carbons (Fsp3) is 0.545. The predicted molar refractivity (Wildman–Crippen MR) is 60.9 cm³/mol. The van der Waals surface area contributed by atoms with Crippen molar-refractivity contribution in [2.75, 3.05) is 25.9 Å². The number of hydrogen-bond acceptors (Lipinski definition) is 3. The lowest BCUT2D eigenvalue weighted by atomic mass is 10.1. The van der Waals surface area contributed by atoms with Crippen LogP contribution in [0.1, 0.15) is 18.9 Å². The van der Waals surface area contributed by atoms with Crippen LogP contribution in [0, 0.1) is 0 Å². The first kappa shape index (κ1) is 10.2. The monoisotopic (exact) mass is 207 g/mol. The smallest absolute Gasteiger partial charge is 0.273 e. The van der Waals surface area contributed by atoms with Gasteiger partial charge in [0, 0.05) is 12.2 Å². The molecule has 4 nitrogen and oxygen atoms in total. The van der Waals surface area contributed by atoms with Crippen LogP contribution in [0.4, 0.5) is 5.69 Å². The lowest BCUT2D eigenvalue weighted by molar-refractivity contribution is 0.219. The maximum atomic E-state index is 11.8. The standard InChI is InChI=1S/C11H17N3O/c1-13-7-4-9(5-8-13)14-6-2-3-10(12)11(14)15/h2-3,6,9H,4-5,7-8,12H2,1H3. The summed E-state index contributed by atoms with van der Waals surface area (Å²) >= 11 is 0. The van der Waals surface area contributed by atoms with Gasteiger partial charge in [-0.15, -0.1) is 0 Å². The maximum Gasteiger partial charge on any atom is 0.273 e. The quantitative estimate of drug-likeness (QED) is 0.737. The molecular weight excluding hydrogens is 190 g/mol. The lowest BCUT2D eigenvalue weighted by Crippen LogP contribution is -2.35. The van der Waals surface area contributed by atoms with Crippen molar-refractivity contribution < 1.29 is 0 Å². The van der Waals surface area contributed by atoms with Gasteiger partial charge < -0.3 is 15.2 Å². The molecule has 1 aromatic heterocycles. The molecule has 0 saturated carbocycles. The Hall–Kier alpha value is -1.29. The molecule has 0 atom stereocenters. The SMILES string of the molecule is CN1CCC(n2cccc(N)c2=O)CC1. The predicted octanol–water partition coefficient (Wildman–Crippen LogP) is 0.697. The molecule has 0 aliphatic carbocycles. The Bertz CT molecular complexity index is 391. The fourth-order valence-electron chi connectivity index (χ4n) is 2.09. The summed E-state index contributed by atoms with van der Waals surface area (Å²) in [5, 5.41) is 0. The molecule has 1 aliphatic rings. The molecule has 1 fully saturated rings. The molecule has 0 bridgehead atoms. The highest BCUT2D eigenvalue weighted by Gasteiger charge is 2.18. The summed E-state index contributed by atoms with van der Waals surface area (Å²) in [6.45, 7) is 2.10. The third-order valence-electron chi connectivity index (χ3n) is 3.09. The van der Waals surface area contributed by atoms with Gasteiger partial charge in [-0.3, -0.25) is 4.79 Å². The number of piperidine rings is 1. The number of anilines is 1. The average molecular weight is 207 g/mol. The van der Waals surface area contributed by atoms with E-state index in [0.29, 0.717) is 11.7 Å². The van der Waals surface area contributed by atoms with Gasteiger partial charge in [0.15, 0.2) is 0 Å². The molecule has 1 aromatic rings. The minimum atomic E-state index is -0.0490. The molecule has 0 amide bonds. The Morgan fingerprint density at radius 1 is 1.40 bits per heavy atom. The zero-order chi connectivity index (χ0) is 10.8. The summed E-state index contributed by atoms with van der Waals surface area (Å²) in [6.07, 6.45) is 3.90. The summed E-state index contributed by atoms with van der Waals surface area (Å²) in [6, 6.07) is 3.82. The van der Waals surface area contributed by atoms with Crippen LogP contribution in [-0.4, -0.2) is 29.6 Å². The van der Waals surface area contributed by atoms with Crippen LogP contribution < -0.4 is 11.3 Å². The number of hydrogen-bond donors (Lipinski definition) is 1. The second-order valence-electron chi connectivity index (χ2n) is 4.21. The van der Waals surface area contributed by atoms with Gasteiger partial charge in [0.25, 0.3) is 5.56 Å². The van der Waals surface area contributed by atoms with E-state index in [9.17, 15) is 4.79 Å². The molecule has 82 valence electrons. The molecule has 2 heterocycles. The first-order chi connectivity index (χ1) is 7.18. The van der Waals surface area contributed by atoms with Crippen molar-refractivity contribution in [1.82, 2.24) is 9.47 Å². The number of pyridine rings is 1. The summed E-state index contributed by atoms with van der Waals surface area (Å²) in [5.41, 5.74) is 5.91. The highest BCUT2D eigenvalue weighted by Crippen LogP contribution is 2.19. The van der Waals surface area contributed by atoms with Gasteiger partial charge in [-0.05, 0) is 45.1 Å². The van der Waals surface area contributed by atoms with E-state index >= 15 is 0 Å². The summed E-state index contributed by atoms with van der Waals surface area (Å²) in [4.78, 5) is 14.1. The average Bonchev–Trinajstić information content (AvgIpc) is 2.24. The molecule has 0 spiro atoms. The molecule has 0 aromatic carbocycles. The van der Waals surface area contributed by atoms with Gasteiger partial charge in [0.2, 0.25) is 0 Å². The number of nitrogen functional groups attached to an aromatic ring is 1. The first-order valence-corrected chi connectivity index (χ1v) is 5.33. The second kappa shape index (κ2) is 4.06. The van der Waals surface area contributed by atoms with Gasteiger partial charge in [-0.1, -0.05) is 0 Å². The van der Waals surface area contributed by atoms with E-state index in [1.54, 1.807) is 10.6 Å². The number of aromatic nitrogens is 1. The van der Waals surface area contributed by atoms with Gasteiger partial charge in [0.1, 0.15) is 0 Å². The van der Waals surface area contributed by atoms with Gasteiger partial charge in [-0.25, -0.2) is 0 Å². The molecule has 2 rings (SSSR count). The number of likely N-dealkylation sites (tertiary alicyclic amines) is 1. The Balaban J connectivity index is 2.23. The van der Waals surface area contributed by atoms with Gasteiger partial charge in [-0.2, -0.15) is 0 Å². The Morgan fingerprint density at radius 3 is 2.73 bits per heavy atom. The van der Waals surface area contributed by atoms with Crippen LogP contribution in [-0.2, 0) is 0 Å². The van der Waals surface area contributed by atoms with E-state index in [4.69, 9.17) is 5.73 Å². The zero-order valence-corrected chi connectivity index (χ0v) is 9.02. The summed E-state index contributed by atoms with van der Waals surface area (Å²) in [5.74, 6) is 0. The van der Waals surface area contributed by atoms with Crippen molar-refractivity contribution in [2.45, 2.75) is 18.9 Å². The molecule has 15 heavy (non-hydrogen) atoms. The second-order valence-corrected chi connectivity index (χ2v) is 4.21. The number of nitrogens with two attached hydrogens (primary N) is 1. The summed E-state index contributed by atoms with van der Waals surface area (Å²) < 4.78 is 1.78. The Kier molecular flexibility index (Phi) is 2.77.